The van der Waals surface area contributed by atoms with Crippen molar-refractivity contribution in [2.24, 2.45) is 0 Å². The highest BCUT2D eigenvalue weighted by Crippen LogP contribution is 2.15. The second-order valence-corrected chi connectivity index (χ2v) is 10.3. The second-order valence-electron chi connectivity index (χ2n) is 10.3. The van der Waals surface area contributed by atoms with Crippen LogP contribution < -0.4 is 0 Å². The second kappa shape index (κ2) is 22.4. The predicted molar refractivity (Wildman–Crippen MR) is 162 cm³/mol. The number of ether oxygens (including phenoxy) is 2. The molecule has 0 amide bonds. The monoisotopic (exact) mass is 526 g/mol. The number of carbonyl (C=O) groups is 2. The van der Waals surface area contributed by atoms with Crippen LogP contribution in [0.15, 0.2) is 69.9 Å². The van der Waals surface area contributed by atoms with Crippen LogP contribution in [0.5, 0.6) is 0 Å². The molecule has 0 heterocycles. The van der Waals surface area contributed by atoms with E-state index in [4.69, 9.17) is 9.47 Å². The Bertz CT molecular complexity index is 869. The van der Waals surface area contributed by atoms with Crippen LogP contribution in [-0.2, 0) is 19.1 Å². The van der Waals surface area contributed by atoms with Crippen molar-refractivity contribution in [1.82, 2.24) is 0 Å². The average molecular weight is 527 g/mol. The predicted octanol–water partition coefficient (Wildman–Crippen LogP) is 9.69. The first-order chi connectivity index (χ1) is 18.1. The largest absolute Gasteiger partial charge is 0.462 e. The fraction of sp³-hybridized carbons (Fsp3) is 0.588. The molecule has 0 atom stereocenters. The Labute approximate surface area is 233 Å². The minimum atomic E-state index is -0.615. The van der Waals surface area contributed by atoms with Gasteiger partial charge in [0.2, 0.25) is 0 Å². The van der Waals surface area contributed by atoms with Crippen LogP contribution in [0.25, 0.3) is 0 Å². The molecule has 4 heteroatoms. The van der Waals surface area contributed by atoms with Crippen molar-refractivity contribution in [3.8, 4) is 0 Å². The lowest BCUT2D eigenvalue weighted by Crippen LogP contribution is -2.18. The topological polar surface area (TPSA) is 52.6 Å². The van der Waals surface area contributed by atoms with Crippen molar-refractivity contribution in [2.45, 2.75) is 120 Å². The zero-order chi connectivity index (χ0) is 28.8. The Hall–Kier alpha value is -2.62. The molecule has 0 aliphatic carbocycles. The van der Waals surface area contributed by atoms with Gasteiger partial charge in [-0.15, -0.1) is 0 Å². The van der Waals surface area contributed by atoms with Gasteiger partial charge in [0.15, 0.2) is 0 Å². The lowest BCUT2D eigenvalue weighted by Gasteiger charge is -2.07. The fourth-order valence-corrected chi connectivity index (χ4v) is 3.86. The van der Waals surface area contributed by atoms with Crippen molar-refractivity contribution in [3.05, 3.63) is 69.9 Å². The van der Waals surface area contributed by atoms with Gasteiger partial charge in [0.25, 0.3) is 0 Å². The molecule has 0 saturated heterocycles. The maximum atomic E-state index is 12.0. The number of hydrogen-bond acceptors (Lipinski definition) is 4. The van der Waals surface area contributed by atoms with Crippen LogP contribution in [-0.4, -0.2) is 25.2 Å². The summed E-state index contributed by atoms with van der Waals surface area (Å²) in [5, 5.41) is 0. The molecule has 0 radical (unpaired) electrons. The maximum Gasteiger partial charge on any atom is 0.345 e. The average Bonchev–Trinajstić information content (AvgIpc) is 2.84. The number of allylic oxidation sites excluding steroid dienone is 11. The van der Waals surface area contributed by atoms with Gasteiger partial charge in [-0.2, -0.15) is 0 Å². The van der Waals surface area contributed by atoms with Crippen molar-refractivity contribution in [2.75, 3.05) is 13.2 Å². The number of hydrogen-bond donors (Lipinski definition) is 0. The lowest BCUT2D eigenvalue weighted by atomic mass is 10.0. The van der Waals surface area contributed by atoms with E-state index in [1.165, 1.54) is 27.9 Å². The first-order valence-electron chi connectivity index (χ1n) is 14.4. The van der Waals surface area contributed by atoms with Gasteiger partial charge in [0, 0.05) is 0 Å². The zero-order valence-corrected chi connectivity index (χ0v) is 25.6. The molecule has 0 aliphatic heterocycles. The number of rotatable bonds is 19. The molecule has 0 aliphatic rings. The van der Waals surface area contributed by atoms with Gasteiger partial charge in [0.1, 0.15) is 5.57 Å². The molecular formula is C34H54O4. The van der Waals surface area contributed by atoms with E-state index in [9.17, 15) is 9.59 Å². The summed E-state index contributed by atoms with van der Waals surface area (Å²) >= 11 is 0. The summed E-state index contributed by atoms with van der Waals surface area (Å²) in [6.07, 6.45) is 23.5. The molecule has 0 aromatic carbocycles. The summed E-state index contributed by atoms with van der Waals surface area (Å²) in [6.45, 7) is 17.0. The summed E-state index contributed by atoms with van der Waals surface area (Å²) in [5.74, 6) is -1.23. The highest BCUT2D eigenvalue weighted by molar-refractivity contribution is 6.14. The van der Waals surface area contributed by atoms with Crippen LogP contribution in [0.2, 0.25) is 0 Å². The Morgan fingerprint density at radius 2 is 0.789 bits per heavy atom. The SMILES string of the molecule is CCOC(=O)C(=CCC/C(C)=C/CC/C(C)=C/CC/C=C(\C)CC/C=C(\C)CCC=C(C)C)C(=O)OCC. The summed E-state index contributed by atoms with van der Waals surface area (Å²) in [7, 11) is 0. The molecule has 0 spiro atoms. The fourth-order valence-electron chi connectivity index (χ4n) is 3.86. The number of unbranched alkanes of at least 4 members (excludes halogenated alkanes) is 1. The highest BCUT2D eigenvalue weighted by atomic mass is 16.6. The van der Waals surface area contributed by atoms with Crippen molar-refractivity contribution < 1.29 is 19.1 Å². The van der Waals surface area contributed by atoms with E-state index in [-0.39, 0.29) is 18.8 Å². The lowest BCUT2D eigenvalue weighted by molar-refractivity contribution is -0.146. The van der Waals surface area contributed by atoms with Crippen molar-refractivity contribution >= 4 is 11.9 Å². The van der Waals surface area contributed by atoms with Crippen LogP contribution in [0.3, 0.4) is 0 Å². The Morgan fingerprint density at radius 1 is 0.474 bits per heavy atom. The minimum Gasteiger partial charge on any atom is -0.462 e. The van der Waals surface area contributed by atoms with Gasteiger partial charge in [-0.3, -0.25) is 0 Å². The van der Waals surface area contributed by atoms with Crippen molar-refractivity contribution in [3.63, 3.8) is 0 Å². The third-order valence-corrected chi connectivity index (χ3v) is 6.18. The first-order valence-corrected chi connectivity index (χ1v) is 14.4. The third-order valence-electron chi connectivity index (χ3n) is 6.18. The van der Waals surface area contributed by atoms with Gasteiger partial charge in [-0.1, -0.05) is 64.3 Å². The molecule has 0 N–H and O–H groups in total. The van der Waals surface area contributed by atoms with E-state index in [0.717, 1.165) is 57.8 Å². The molecule has 4 nitrogen and oxygen atoms in total. The summed E-state index contributed by atoms with van der Waals surface area (Å²) in [5.41, 5.74) is 7.03. The van der Waals surface area contributed by atoms with E-state index in [2.05, 4.69) is 71.9 Å². The molecule has 0 bridgehead atoms. The summed E-state index contributed by atoms with van der Waals surface area (Å²) < 4.78 is 9.96. The van der Waals surface area contributed by atoms with Crippen molar-refractivity contribution in [1.29, 1.82) is 0 Å². The third kappa shape index (κ3) is 19.5. The molecule has 0 unspecified atom stereocenters. The van der Waals surface area contributed by atoms with Crippen LogP contribution in [0.1, 0.15) is 120 Å². The molecule has 38 heavy (non-hydrogen) atoms. The quantitative estimate of drug-likeness (QED) is 0.0420. The van der Waals surface area contributed by atoms with Crippen LogP contribution >= 0.6 is 0 Å². The minimum absolute atomic E-state index is 0.00808. The van der Waals surface area contributed by atoms with E-state index in [0.29, 0.717) is 6.42 Å². The Kier molecular flexibility index (Phi) is 20.8. The van der Waals surface area contributed by atoms with E-state index < -0.39 is 11.9 Å². The normalized spacial score (nSPS) is 12.7. The molecule has 214 valence electrons. The smallest absolute Gasteiger partial charge is 0.345 e. The molecular weight excluding hydrogens is 472 g/mol. The molecule has 0 aromatic rings. The van der Waals surface area contributed by atoms with Gasteiger partial charge in [-0.05, 0) is 120 Å². The highest BCUT2D eigenvalue weighted by Gasteiger charge is 2.20. The van der Waals surface area contributed by atoms with Gasteiger partial charge in [0.05, 0.1) is 13.2 Å². The van der Waals surface area contributed by atoms with Gasteiger partial charge < -0.3 is 9.47 Å². The maximum absolute atomic E-state index is 12.0. The van der Waals surface area contributed by atoms with Crippen LogP contribution in [0, 0.1) is 0 Å². The summed E-state index contributed by atoms with van der Waals surface area (Å²) in [4.78, 5) is 24.1. The standard InChI is InChI=1S/C34H54O4/c1-9-37-33(35)32(34(36)38-10-2)26-16-25-31(8)24-15-22-29(6)19-12-11-18-28(5)21-14-23-30(7)20-13-17-27(3)4/h17-19,23-24,26H,9-16,20-22,25H2,1-8H3/b28-18+,29-19+,30-23+,31-24+. The Morgan fingerprint density at radius 3 is 1.13 bits per heavy atom. The number of esters is 2. The van der Waals surface area contributed by atoms with Crippen LogP contribution in [0.4, 0.5) is 0 Å². The zero-order valence-electron chi connectivity index (χ0n) is 25.6. The van der Waals surface area contributed by atoms with Gasteiger partial charge >= 0.3 is 11.9 Å². The summed E-state index contributed by atoms with van der Waals surface area (Å²) in [6, 6.07) is 0. The molecule has 0 rings (SSSR count). The molecule has 0 aromatic heterocycles. The number of carbonyl (C=O) groups excluding carboxylic acids is 2. The van der Waals surface area contributed by atoms with E-state index >= 15 is 0 Å². The molecule has 0 saturated carbocycles. The van der Waals surface area contributed by atoms with E-state index in [1.54, 1.807) is 19.9 Å². The molecule has 0 fully saturated rings. The first kappa shape index (κ1) is 35.4. The van der Waals surface area contributed by atoms with Gasteiger partial charge in [-0.25, -0.2) is 9.59 Å². The Balaban J connectivity index is 4.41. The van der Waals surface area contributed by atoms with E-state index in [1.807, 2.05) is 0 Å².